The molecule has 0 radical (unpaired) electrons. The monoisotopic (exact) mass is 418 g/mol. The van der Waals surface area contributed by atoms with Crippen molar-refractivity contribution in [1.29, 1.82) is 0 Å². The van der Waals surface area contributed by atoms with Crippen molar-refractivity contribution < 1.29 is 9.66 Å². The van der Waals surface area contributed by atoms with Gasteiger partial charge in [0.2, 0.25) is 0 Å². The second-order valence-corrected chi connectivity index (χ2v) is 7.25. The first-order valence-electron chi connectivity index (χ1n) is 8.53. The fourth-order valence-electron chi connectivity index (χ4n) is 2.50. The molecule has 0 bridgehead atoms. The summed E-state index contributed by atoms with van der Waals surface area (Å²) in [5.74, 6) is 0. The van der Waals surface area contributed by atoms with Crippen molar-refractivity contribution in [2.75, 3.05) is 13.2 Å². The van der Waals surface area contributed by atoms with Crippen molar-refractivity contribution in [3.8, 4) is 0 Å². The third kappa shape index (κ3) is 5.94. The quantitative estimate of drug-likeness (QED) is 0.230. The second kappa shape index (κ2) is 10.1. The summed E-state index contributed by atoms with van der Waals surface area (Å²) in [5, 5.41) is 19.3. The van der Waals surface area contributed by atoms with Crippen LogP contribution in [0.1, 0.15) is 18.4 Å². The Morgan fingerprint density at radius 2 is 2.29 bits per heavy atom. The lowest BCUT2D eigenvalue weighted by molar-refractivity contribution is -0.387. The van der Waals surface area contributed by atoms with Gasteiger partial charge in [-0.25, -0.2) is 9.97 Å². The van der Waals surface area contributed by atoms with E-state index in [1.54, 1.807) is 30.6 Å². The van der Waals surface area contributed by atoms with Crippen molar-refractivity contribution >= 4 is 41.0 Å². The van der Waals surface area contributed by atoms with E-state index in [1.807, 2.05) is 0 Å². The lowest BCUT2D eigenvalue weighted by atomic mass is 10.2. The SMILES string of the molecule is O=[N+]([O-])c1cc(C=NNC(=S)NCC2CCCO2)ccc1Sc1ncccn1. The highest BCUT2D eigenvalue weighted by Crippen LogP contribution is 2.33. The summed E-state index contributed by atoms with van der Waals surface area (Å²) in [6.07, 6.45) is 6.90. The molecule has 2 N–H and O–H groups in total. The van der Waals surface area contributed by atoms with Gasteiger partial charge in [-0.1, -0.05) is 6.07 Å². The molecular weight excluding hydrogens is 400 g/mol. The lowest BCUT2D eigenvalue weighted by Gasteiger charge is -2.11. The number of hydrogen-bond donors (Lipinski definition) is 2. The molecule has 1 aliphatic heterocycles. The molecule has 1 aromatic carbocycles. The molecule has 0 aliphatic carbocycles. The molecule has 1 unspecified atom stereocenters. The van der Waals surface area contributed by atoms with Crippen molar-refractivity contribution in [2.45, 2.75) is 29.0 Å². The van der Waals surface area contributed by atoms with Gasteiger partial charge in [-0.3, -0.25) is 15.5 Å². The predicted molar refractivity (Wildman–Crippen MR) is 110 cm³/mol. The van der Waals surface area contributed by atoms with Crippen LogP contribution in [0.15, 0.2) is 51.8 Å². The summed E-state index contributed by atoms with van der Waals surface area (Å²) in [6.45, 7) is 1.41. The molecule has 2 aromatic rings. The minimum Gasteiger partial charge on any atom is -0.376 e. The van der Waals surface area contributed by atoms with E-state index in [4.69, 9.17) is 17.0 Å². The first-order valence-corrected chi connectivity index (χ1v) is 9.76. The number of nitrogens with zero attached hydrogens (tertiary/aromatic N) is 4. The van der Waals surface area contributed by atoms with Crippen molar-refractivity contribution in [1.82, 2.24) is 20.7 Å². The highest BCUT2D eigenvalue weighted by Gasteiger charge is 2.17. The number of nitrogens with one attached hydrogen (secondary N) is 2. The van der Waals surface area contributed by atoms with E-state index in [-0.39, 0.29) is 11.8 Å². The molecule has 11 heteroatoms. The van der Waals surface area contributed by atoms with Gasteiger partial charge in [-0.2, -0.15) is 5.10 Å². The Morgan fingerprint density at radius 3 is 3.00 bits per heavy atom. The van der Waals surface area contributed by atoms with Crippen molar-refractivity contribution in [3.05, 3.63) is 52.3 Å². The van der Waals surface area contributed by atoms with E-state index in [9.17, 15) is 10.1 Å². The number of nitro benzene ring substituents is 1. The largest absolute Gasteiger partial charge is 0.376 e. The van der Waals surface area contributed by atoms with Gasteiger partial charge in [0.25, 0.3) is 5.69 Å². The Balaban J connectivity index is 1.59. The molecule has 0 amide bonds. The molecule has 146 valence electrons. The number of aromatic nitrogens is 2. The van der Waals surface area contributed by atoms with Crippen LogP contribution in [0.25, 0.3) is 0 Å². The molecule has 0 saturated carbocycles. The third-order valence-electron chi connectivity index (χ3n) is 3.82. The number of ether oxygens (including phenoxy) is 1. The minimum atomic E-state index is -0.441. The topological polar surface area (TPSA) is 115 Å². The van der Waals surface area contributed by atoms with E-state index in [0.29, 0.717) is 27.3 Å². The molecule has 1 atom stereocenters. The Bertz CT molecular complexity index is 859. The van der Waals surface area contributed by atoms with Crippen LogP contribution in [0.5, 0.6) is 0 Å². The van der Waals surface area contributed by atoms with Gasteiger partial charge in [0, 0.05) is 37.2 Å². The highest BCUT2D eigenvalue weighted by atomic mass is 32.2. The number of nitro groups is 1. The Labute approximate surface area is 171 Å². The molecule has 3 rings (SSSR count). The summed E-state index contributed by atoms with van der Waals surface area (Å²) in [6, 6.07) is 6.51. The zero-order valence-electron chi connectivity index (χ0n) is 14.8. The number of rotatable bonds is 7. The highest BCUT2D eigenvalue weighted by molar-refractivity contribution is 7.99. The maximum atomic E-state index is 11.4. The second-order valence-electron chi connectivity index (χ2n) is 5.83. The first kappa shape index (κ1) is 20.1. The fraction of sp³-hybridized carbons (Fsp3) is 0.294. The molecule has 2 heterocycles. The summed E-state index contributed by atoms with van der Waals surface area (Å²) < 4.78 is 5.50. The zero-order valence-corrected chi connectivity index (χ0v) is 16.4. The first-order chi connectivity index (χ1) is 13.6. The predicted octanol–water partition coefficient (Wildman–Crippen LogP) is 2.51. The van der Waals surface area contributed by atoms with Crippen LogP contribution in [0.4, 0.5) is 5.69 Å². The molecule has 1 aliphatic rings. The van der Waals surface area contributed by atoms with E-state index in [0.717, 1.165) is 31.2 Å². The van der Waals surface area contributed by atoms with Crippen LogP contribution in [-0.4, -0.2) is 45.5 Å². The normalized spacial score (nSPS) is 16.2. The Kier molecular flexibility index (Phi) is 7.23. The van der Waals surface area contributed by atoms with Crippen LogP contribution < -0.4 is 10.7 Å². The van der Waals surface area contributed by atoms with Gasteiger partial charge in [0.15, 0.2) is 10.3 Å². The smallest absolute Gasteiger partial charge is 0.283 e. The van der Waals surface area contributed by atoms with Crippen molar-refractivity contribution in [2.24, 2.45) is 5.10 Å². The Morgan fingerprint density at radius 1 is 1.46 bits per heavy atom. The fourth-order valence-corrected chi connectivity index (χ4v) is 3.43. The van der Waals surface area contributed by atoms with Gasteiger partial charge in [0.1, 0.15) is 0 Å². The van der Waals surface area contributed by atoms with Crippen LogP contribution >= 0.6 is 24.0 Å². The van der Waals surface area contributed by atoms with Gasteiger partial charge in [-0.15, -0.1) is 0 Å². The molecule has 1 saturated heterocycles. The number of hydrogen-bond acceptors (Lipinski definition) is 8. The summed E-state index contributed by atoms with van der Waals surface area (Å²) in [7, 11) is 0. The van der Waals surface area contributed by atoms with Crippen LogP contribution in [-0.2, 0) is 4.74 Å². The standard InChI is InChI=1S/C17H18N6O3S2/c24-23(25)14-9-12(4-5-15(14)28-17-18-6-2-7-19-17)10-21-22-16(27)20-11-13-3-1-8-26-13/h2,4-7,9-10,13H,1,3,8,11H2,(H2,20,22,27). The maximum absolute atomic E-state index is 11.4. The van der Waals surface area contributed by atoms with Gasteiger partial charge < -0.3 is 10.1 Å². The summed E-state index contributed by atoms with van der Waals surface area (Å²) in [5.41, 5.74) is 3.23. The van der Waals surface area contributed by atoms with E-state index in [1.165, 1.54) is 12.3 Å². The molecule has 1 aromatic heterocycles. The number of benzene rings is 1. The molecule has 0 spiro atoms. The maximum Gasteiger partial charge on any atom is 0.283 e. The van der Waals surface area contributed by atoms with Gasteiger partial charge in [-0.05, 0) is 49.0 Å². The van der Waals surface area contributed by atoms with Crippen molar-refractivity contribution in [3.63, 3.8) is 0 Å². The molecular formula is C17H18N6O3S2. The third-order valence-corrected chi connectivity index (χ3v) is 5.01. The van der Waals surface area contributed by atoms with Crippen LogP contribution in [0.3, 0.4) is 0 Å². The molecule has 9 nitrogen and oxygen atoms in total. The van der Waals surface area contributed by atoms with E-state index in [2.05, 4.69) is 25.8 Å². The summed E-state index contributed by atoms with van der Waals surface area (Å²) >= 11 is 6.28. The lowest BCUT2D eigenvalue weighted by Crippen LogP contribution is -2.37. The van der Waals surface area contributed by atoms with E-state index >= 15 is 0 Å². The Hall–Kier alpha value is -2.63. The average molecular weight is 419 g/mol. The molecule has 28 heavy (non-hydrogen) atoms. The average Bonchev–Trinajstić information content (AvgIpc) is 3.22. The molecule has 1 fully saturated rings. The van der Waals surface area contributed by atoms with Crippen LogP contribution in [0.2, 0.25) is 0 Å². The minimum absolute atomic E-state index is 0.0412. The van der Waals surface area contributed by atoms with Gasteiger partial charge in [0.05, 0.1) is 22.1 Å². The van der Waals surface area contributed by atoms with E-state index < -0.39 is 4.92 Å². The number of thiocarbonyl (C=S) groups is 1. The number of hydrazone groups is 1. The van der Waals surface area contributed by atoms with Crippen LogP contribution in [0, 0.1) is 10.1 Å². The summed E-state index contributed by atoms with van der Waals surface area (Å²) in [4.78, 5) is 19.6. The zero-order chi connectivity index (χ0) is 19.8. The van der Waals surface area contributed by atoms with Gasteiger partial charge >= 0.3 is 0 Å².